The summed E-state index contributed by atoms with van der Waals surface area (Å²) in [4.78, 5) is 2.59. The van der Waals surface area contributed by atoms with Crippen LogP contribution in [0.5, 0.6) is 0 Å². The van der Waals surface area contributed by atoms with Gasteiger partial charge in [-0.25, -0.2) is 0 Å². The van der Waals surface area contributed by atoms with Crippen LogP contribution in [0.3, 0.4) is 0 Å². The molecular formula is C9H19N. The third-order valence-corrected chi connectivity index (χ3v) is 2.60. The maximum absolute atomic E-state index is 2.59. The van der Waals surface area contributed by atoms with E-state index in [9.17, 15) is 0 Å². The Hall–Kier alpha value is -0.0400. The molecule has 1 heteroatoms. The quantitative estimate of drug-likeness (QED) is 0.541. The molecule has 0 aromatic carbocycles. The van der Waals surface area contributed by atoms with Crippen LogP contribution in [0.1, 0.15) is 39.5 Å². The summed E-state index contributed by atoms with van der Waals surface area (Å²) >= 11 is 0. The predicted molar refractivity (Wildman–Crippen MR) is 45.2 cm³/mol. The van der Waals surface area contributed by atoms with Gasteiger partial charge in [0.15, 0.2) is 0 Å². The maximum Gasteiger partial charge on any atom is 0.00668 e. The van der Waals surface area contributed by atoms with Crippen molar-refractivity contribution >= 4 is 0 Å². The monoisotopic (exact) mass is 141 g/mol. The Morgan fingerprint density at radius 2 is 2.10 bits per heavy atom. The fourth-order valence-corrected chi connectivity index (χ4v) is 1.80. The number of likely N-dealkylation sites (tertiary alicyclic amines) is 1. The van der Waals surface area contributed by atoms with Crippen LogP contribution in [0, 0.1) is 0 Å². The number of hydrogen-bond donors (Lipinski definition) is 0. The van der Waals surface area contributed by atoms with Gasteiger partial charge in [-0.15, -0.1) is 0 Å². The highest BCUT2D eigenvalue weighted by Crippen LogP contribution is 2.15. The summed E-state index contributed by atoms with van der Waals surface area (Å²) in [7, 11) is 0. The zero-order valence-electron chi connectivity index (χ0n) is 7.27. The molecule has 1 fully saturated rings. The molecule has 0 aromatic rings. The van der Waals surface area contributed by atoms with Gasteiger partial charge in [-0.2, -0.15) is 0 Å². The van der Waals surface area contributed by atoms with E-state index in [-0.39, 0.29) is 0 Å². The summed E-state index contributed by atoms with van der Waals surface area (Å²) in [5.41, 5.74) is 0. The number of rotatable bonds is 1. The Labute approximate surface area is 64.4 Å². The second kappa shape index (κ2) is 3.97. The van der Waals surface area contributed by atoms with E-state index < -0.39 is 0 Å². The van der Waals surface area contributed by atoms with Gasteiger partial charge in [0.2, 0.25) is 0 Å². The second-order valence-corrected chi connectivity index (χ2v) is 3.33. The summed E-state index contributed by atoms with van der Waals surface area (Å²) in [5.74, 6) is 0. The van der Waals surface area contributed by atoms with Gasteiger partial charge < -0.3 is 4.90 Å². The van der Waals surface area contributed by atoms with Crippen molar-refractivity contribution < 1.29 is 0 Å². The minimum atomic E-state index is 0.840. The normalized spacial score (nSPS) is 30.0. The van der Waals surface area contributed by atoms with Gasteiger partial charge in [-0.05, 0) is 32.9 Å². The van der Waals surface area contributed by atoms with E-state index in [4.69, 9.17) is 0 Å². The molecule has 1 aliphatic heterocycles. The molecule has 1 atom stereocenters. The molecule has 1 saturated heterocycles. The highest BCUT2D eigenvalue weighted by molar-refractivity contribution is 4.69. The Kier molecular flexibility index (Phi) is 3.20. The average Bonchev–Trinajstić information content (AvgIpc) is 2.13. The second-order valence-electron chi connectivity index (χ2n) is 3.33. The van der Waals surface area contributed by atoms with Gasteiger partial charge in [0, 0.05) is 6.04 Å². The van der Waals surface area contributed by atoms with Crippen LogP contribution in [0.2, 0.25) is 0 Å². The lowest BCUT2D eigenvalue weighted by Gasteiger charge is -2.24. The Bertz CT molecular complexity index is 90.7. The van der Waals surface area contributed by atoms with Crippen LogP contribution in [-0.2, 0) is 0 Å². The summed E-state index contributed by atoms with van der Waals surface area (Å²) in [5, 5.41) is 0. The van der Waals surface area contributed by atoms with Crippen LogP contribution in [-0.4, -0.2) is 24.0 Å². The first-order valence-electron chi connectivity index (χ1n) is 4.58. The minimum Gasteiger partial charge on any atom is -0.301 e. The van der Waals surface area contributed by atoms with E-state index >= 15 is 0 Å². The van der Waals surface area contributed by atoms with Crippen LogP contribution in [0.15, 0.2) is 0 Å². The molecule has 0 unspecified atom stereocenters. The lowest BCUT2D eigenvalue weighted by atomic mass is 10.1. The Morgan fingerprint density at radius 3 is 2.80 bits per heavy atom. The fraction of sp³-hybridized carbons (Fsp3) is 1.00. The standard InChI is InChI=1S/C9H19N/c1-3-10-8-6-4-5-7-9(10)2/h9H,3-8H2,1-2H3/t9-/m1/s1. The maximum atomic E-state index is 2.59. The smallest absolute Gasteiger partial charge is 0.00668 e. The van der Waals surface area contributed by atoms with E-state index in [0.29, 0.717) is 0 Å². The zero-order valence-corrected chi connectivity index (χ0v) is 7.27. The van der Waals surface area contributed by atoms with Crippen molar-refractivity contribution in [1.29, 1.82) is 0 Å². The van der Waals surface area contributed by atoms with Gasteiger partial charge in [-0.1, -0.05) is 19.8 Å². The van der Waals surface area contributed by atoms with Crippen LogP contribution in [0.25, 0.3) is 0 Å². The molecule has 60 valence electrons. The lowest BCUT2D eigenvalue weighted by Crippen LogP contribution is -2.32. The molecule has 0 bridgehead atoms. The molecule has 0 spiro atoms. The summed E-state index contributed by atoms with van der Waals surface area (Å²) in [6.45, 7) is 7.19. The van der Waals surface area contributed by atoms with E-state index in [1.54, 1.807) is 0 Å². The third kappa shape index (κ3) is 1.98. The van der Waals surface area contributed by atoms with Gasteiger partial charge in [-0.3, -0.25) is 0 Å². The molecule has 1 nitrogen and oxygen atoms in total. The molecule has 0 amide bonds. The Balaban J connectivity index is 2.35. The summed E-state index contributed by atoms with van der Waals surface area (Å²) in [6.07, 6.45) is 5.71. The van der Waals surface area contributed by atoms with Crippen LogP contribution >= 0.6 is 0 Å². The largest absolute Gasteiger partial charge is 0.301 e. The molecule has 0 radical (unpaired) electrons. The predicted octanol–water partition coefficient (Wildman–Crippen LogP) is 2.27. The van der Waals surface area contributed by atoms with Crippen molar-refractivity contribution in [2.24, 2.45) is 0 Å². The molecular weight excluding hydrogens is 122 g/mol. The van der Waals surface area contributed by atoms with Crippen molar-refractivity contribution in [3.8, 4) is 0 Å². The Morgan fingerprint density at radius 1 is 1.30 bits per heavy atom. The minimum absolute atomic E-state index is 0.840. The van der Waals surface area contributed by atoms with Gasteiger partial charge >= 0.3 is 0 Å². The van der Waals surface area contributed by atoms with Crippen molar-refractivity contribution in [3.05, 3.63) is 0 Å². The number of hydrogen-bond acceptors (Lipinski definition) is 1. The highest BCUT2D eigenvalue weighted by atomic mass is 15.1. The average molecular weight is 141 g/mol. The van der Waals surface area contributed by atoms with Crippen molar-refractivity contribution in [2.75, 3.05) is 13.1 Å². The molecule has 1 heterocycles. The summed E-state index contributed by atoms with van der Waals surface area (Å²) < 4.78 is 0. The molecule has 0 aromatic heterocycles. The van der Waals surface area contributed by atoms with Gasteiger partial charge in [0.1, 0.15) is 0 Å². The van der Waals surface area contributed by atoms with Crippen LogP contribution in [0.4, 0.5) is 0 Å². The SMILES string of the molecule is CCN1CCCCC[C@H]1C. The van der Waals surface area contributed by atoms with Gasteiger partial charge in [0.25, 0.3) is 0 Å². The third-order valence-electron chi connectivity index (χ3n) is 2.60. The van der Waals surface area contributed by atoms with Crippen molar-refractivity contribution in [2.45, 2.75) is 45.6 Å². The first kappa shape index (κ1) is 8.06. The first-order chi connectivity index (χ1) is 4.84. The van der Waals surface area contributed by atoms with E-state index in [2.05, 4.69) is 18.7 Å². The van der Waals surface area contributed by atoms with E-state index in [1.165, 1.54) is 38.8 Å². The fourth-order valence-electron chi connectivity index (χ4n) is 1.80. The van der Waals surface area contributed by atoms with E-state index in [1.807, 2.05) is 0 Å². The first-order valence-corrected chi connectivity index (χ1v) is 4.58. The summed E-state index contributed by atoms with van der Waals surface area (Å²) in [6, 6.07) is 0.840. The highest BCUT2D eigenvalue weighted by Gasteiger charge is 2.13. The van der Waals surface area contributed by atoms with Crippen molar-refractivity contribution in [3.63, 3.8) is 0 Å². The van der Waals surface area contributed by atoms with Crippen LogP contribution < -0.4 is 0 Å². The molecule has 0 aliphatic carbocycles. The topological polar surface area (TPSA) is 3.24 Å². The molecule has 0 saturated carbocycles. The lowest BCUT2D eigenvalue weighted by molar-refractivity contribution is 0.225. The molecule has 0 N–H and O–H groups in total. The molecule has 1 aliphatic rings. The molecule has 10 heavy (non-hydrogen) atoms. The van der Waals surface area contributed by atoms with Crippen molar-refractivity contribution in [1.82, 2.24) is 4.90 Å². The van der Waals surface area contributed by atoms with Gasteiger partial charge in [0.05, 0.1) is 0 Å². The molecule has 1 rings (SSSR count). The van der Waals surface area contributed by atoms with E-state index in [0.717, 1.165) is 6.04 Å². The number of nitrogens with zero attached hydrogens (tertiary/aromatic N) is 1. The zero-order chi connectivity index (χ0) is 7.40.